The average Bonchev–Trinajstić information content (AvgIpc) is 2.53. The van der Waals surface area contributed by atoms with Gasteiger partial charge in [0.25, 0.3) is 0 Å². The fraction of sp³-hybridized carbons (Fsp3) is 0.867. The Labute approximate surface area is 136 Å². The van der Waals surface area contributed by atoms with Crippen LogP contribution in [0, 0.1) is 5.92 Å². The molecule has 1 amide bonds. The summed E-state index contributed by atoms with van der Waals surface area (Å²) in [6.07, 6.45) is -10.9. The van der Waals surface area contributed by atoms with Crippen LogP contribution in [0.25, 0.3) is 0 Å². The topological polar surface area (TPSA) is 66.4 Å². The minimum Gasteiger partial charge on any atom is -0.481 e. The molecule has 0 aromatic carbocycles. The highest BCUT2D eigenvalue weighted by Gasteiger charge is 2.56. The molecule has 1 aliphatic carbocycles. The summed E-state index contributed by atoms with van der Waals surface area (Å²) < 4.78 is 66.7. The largest absolute Gasteiger partial charge is 0.481 e. The Morgan fingerprint density at radius 3 is 1.75 bits per heavy atom. The van der Waals surface area contributed by atoms with E-state index in [1.807, 2.05) is 0 Å². The number of carbonyl (C=O) groups excluding carboxylic acids is 1. The van der Waals surface area contributed by atoms with Gasteiger partial charge < -0.3 is 10.4 Å². The predicted octanol–water partition coefficient (Wildman–Crippen LogP) is 2.85. The van der Waals surface area contributed by atoms with Gasteiger partial charge in [0, 0.05) is 13.0 Å². The van der Waals surface area contributed by atoms with Crippen LogP contribution in [0.5, 0.6) is 0 Å². The number of unbranched alkanes of at least 4 members (excludes halogenated alkanes) is 4. The number of alkyl halides is 5. The van der Waals surface area contributed by atoms with Gasteiger partial charge in [-0.3, -0.25) is 9.59 Å². The number of amides is 1. The molecular weight excluding hydrogens is 337 g/mol. The number of carbonyl (C=O) groups is 2. The molecule has 4 atom stereocenters. The molecule has 4 unspecified atom stereocenters. The molecule has 0 saturated heterocycles. The van der Waals surface area contributed by atoms with E-state index in [1.165, 1.54) is 0 Å². The molecule has 0 heterocycles. The third-order valence-corrected chi connectivity index (χ3v) is 4.07. The van der Waals surface area contributed by atoms with Crippen LogP contribution in [0.2, 0.25) is 0 Å². The van der Waals surface area contributed by atoms with Crippen molar-refractivity contribution in [1.29, 1.82) is 0 Å². The van der Waals surface area contributed by atoms with Crippen LogP contribution in [0.1, 0.15) is 38.5 Å². The first-order valence-corrected chi connectivity index (χ1v) is 7.97. The van der Waals surface area contributed by atoms with E-state index in [0.29, 0.717) is 25.7 Å². The Balaban J connectivity index is 2.28. The highest BCUT2D eigenvalue weighted by Crippen LogP contribution is 2.36. The minimum atomic E-state index is -2.91. The molecule has 0 aromatic rings. The van der Waals surface area contributed by atoms with Gasteiger partial charge >= 0.3 is 5.97 Å². The molecular formula is C15H22F5NO3. The molecule has 0 aliphatic heterocycles. The number of aliphatic carboxylic acids is 1. The maximum absolute atomic E-state index is 13.6. The first-order valence-electron chi connectivity index (χ1n) is 7.97. The van der Waals surface area contributed by atoms with Crippen molar-refractivity contribution in [3.8, 4) is 0 Å². The maximum Gasteiger partial charge on any atom is 0.303 e. The van der Waals surface area contributed by atoms with Gasteiger partial charge in [0.1, 0.15) is 18.3 Å². The molecule has 1 rings (SSSR count). The summed E-state index contributed by atoms with van der Waals surface area (Å²) in [7, 11) is 0. The number of carboxylic acids is 1. The Kier molecular flexibility index (Phi) is 8.41. The third kappa shape index (κ3) is 5.59. The third-order valence-electron chi connectivity index (χ3n) is 4.07. The SMILES string of the molecule is O=C(O)CCCCCCCNC(=O)C1C(F)C(F)C(F)C(F)C1F. The van der Waals surface area contributed by atoms with E-state index < -0.39 is 48.7 Å². The van der Waals surface area contributed by atoms with Gasteiger partial charge in [-0.2, -0.15) is 0 Å². The van der Waals surface area contributed by atoms with Crippen molar-refractivity contribution < 1.29 is 36.6 Å². The average molecular weight is 359 g/mol. The monoisotopic (exact) mass is 359 g/mol. The second-order valence-electron chi connectivity index (χ2n) is 5.95. The van der Waals surface area contributed by atoms with E-state index in [1.54, 1.807) is 0 Å². The van der Waals surface area contributed by atoms with Crippen molar-refractivity contribution in [3.05, 3.63) is 0 Å². The lowest BCUT2D eigenvalue weighted by Crippen LogP contribution is -2.57. The van der Waals surface area contributed by atoms with Crippen molar-refractivity contribution >= 4 is 11.9 Å². The van der Waals surface area contributed by atoms with E-state index in [9.17, 15) is 31.5 Å². The molecule has 0 aromatic heterocycles. The van der Waals surface area contributed by atoms with Gasteiger partial charge in [0.05, 0.1) is 0 Å². The summed E-state index contributed by atoms with van der Waals surface area (Å²) in [5, 5.41) is 10.7. The molecule has 0 radical (unpaired) electrons. The molecule has 9 heteroatoms. The number of rotatable bonds is 9. The Bertz CT molecular complexity index is 410. The van der Waals surface area contributed by atoms with Crippen molar-refractivity contribution in [2.24, 2.45) is 5.92 Å². The molecule has 2 N–H and O–H groups in total. The van der Waals surface area contributed by atoms with E-state index in [2.05, 4.69) is 5.32 Å². The quantitative estimate of drug-likeness (QED) is 0.491. The molecule has 4 nitrogen and oxygen atoms in total. The fourth-order valence-electron chi connectivity index (χ4n) is 2.65. The normalized spacial score (nSPS) is 33.2. The van der Waals surface area contributed by atoms with Crippen LogP contribution in [0.4, 0.5) is 22.0 Å². The van der Waals surface area contributed by atoms with Crippen molar-refractivity contribution in [1.82, 2.24) is 5.32 Å². The van der Waals surface area contributed by atoms with Gasteiger partial charge in [-0.05, 0) is 12.8 Å². The zero-order valence-electron chi connectivity index (χ0n) is 13.1. The molecule has 1 aliphatic rings. The Hall–Kier alpha value is -1.41. The Morgan fingerprint density at radius 2 is 1.21 bits per heavy atom. The van der Waals surface area contributed by atoms with Crippen molar-refractivity contribution in [3.63, 3.8) is 0 Å². The minimum absolute atomic E-state index is 0.0701. The fourth-order valence-corrected chi connectivity index (χ4v) is 2.65. The van der Waals surface area contributed by atoms with Crippen LogP contribution >= 0.6 is 0 Å². The summed E-state index contributed by atoms with van der Waals surface area (Å²) in [4.78, 5) is 22.0. The summed E-state index contributed by atoms with van der Waals surface area (Å²) in [6.45, 7) is 0.0701. The second kappa shape index (κ2) is 9.78. The van der Waals surface area contributed by atoms with Crippen LogP contribution in [-0.2, 0) is 9.59 Å². The first-order chi connectivity index (χ1) is 11.3. The molecule has 0 bridgehead atoms. The number of hydrogen-bond acceptors (Lipinski definition) is 2. The van der Waals surface area contributed by atoms with Crippen LogP contribution in [-0.4, -0.2) is 54.4 Å². The first kappa shape index (κ1) is 20.6. The lowest BCUT2D eigenvalue weighted by molar-refractivity contribution is -0.143. The summed E-state index contributed by atoms with van der Waals surface area (Å²) >= 11 is 0. The van der Waals surface area contributed by atoms with Crippen LogP contribution in [0.15, 0.2) is 0 Å². The zero-order valence-corrected chi connectivity index (χ0v) is 13.1. The maximum atomic E-state index is 13.6. The summed E-state index contributed by atoms with van der Waals surface area (Å²) in [5.41, 5.74) is 0. The standard InChI is InChI=1S/C15H22F5NO3/c16-10-9(11(17)13(19)14(20)12(10)18)15(24)21-7-5-3-1-2-4-6-8(22)23/h9-14H,1-7H2,(H,21,24)(H,22,23). The molecule has 140 valence electrons. The van der Waals surface area contributed by atoms with Gasteiger partial charge in [-0.1, -0.05) is 19.3 Å². The van der Waals surface area contributed by atoms with Crippen LogP contribution in [0.3, 0.4) is 0 Å². The number of nitrogens with one attached hydrogen (secondary N) is 1. The number of halogens is 5. The lowest BCUT2D eigenvalue weighted by atomic mass is 9.81. The molecule has 24 heavy (non-hydrogen) atoms. The van der Waals surface area contributed by atoms with Gasteiger partial charge in [-0.25, -0.2) is 22.0 Å². The predicted molar refractivity (Wildman–Crippen MR) is 76.3 cm³/mol. The molecule has 0 spiro atoms. The van der Waals surface area contributed by atoms with E-state index in [4.69, 9.17) is 5.11 Å². The van der Waals surface area contributed by atoms with Gasteiger partial charge in [0.15, 0.2) is 18.5 Å². The molecule has 1 fully saturated rings. The Morgan fingerprint density at radius 1 is 0.750 bits per heavy atom. The van der Waals surface area contributed by atoms with E-state index in [0.717, 1.165) is 6.42 Å². The zero-order chi connectivity index (χ0) is 18.3. The molecule has 1 saturated carbocycles. The second-order valence-corrected chi connectivity index (χ2v) is 5.95. The smallest absolute Gasteiger partial charge is 0.303 e. The van der Waals surface area contributed by atoms with Crippen molar-refractivity contribution in [2.75, 3.05) is 6.54 Å². The van der Waals surface area contributed by atoms with Gasteiger partial charge in [0.2, 0.25) is 5.91 Å². The van der Waals surface area contributed by atoms with Gasteiger partial charge in [-0.15, -0.1) is 0 Å². The lowest BCUT2D eigenvalue weighted by Gasteiger charge is -2.35. The summed E-state index contributed by atoms with van der Waals surface area (Å²) in [6, 6.07) is 0. The van der Waals surface area contributed by atoms with E-state index >= 15 is 0 Å². The van der Waals surface area contributed by atoms with Crippen LogP contribution < -0.4 is 5.32 Å². The number of hydrogen-bond donors (Lipinski definition) is 2. The highest BCUT2D eigenvalue weighted by atomic mass is 19.2. The summed E-state index contributed by atoms with van der Waals surface area (Å²) in [5.74, 6) is -4.24. The highest BCUT2D eigenvalue weighted by molar-refractivity contribution is 5.80. The number of carboxylic acid groups (broad SMARTS) is 1. The van der Waals surface area contributed by atoms with Crippen molar-refractivity contribution in [2.45, 2.75) is 69.4 Å². The van der Waals surface area contributed by atoms with E-state index in [-0.39, 0.29) is 13.0 Å².